The Hall–Kier alpha value is -3.90. The first-order valence-electron chi connectivity index (χ1n) is 10.8. The first-order chi connectivity index (χ1) is 15.4. The first kappa shape index (κ1) is 17.9. The minimum atomic E-state index is -0.180. The van der Waals surface area contributed by atoms with E-state index < -0.39 is 0 Å². The second kappa shape index (κ2) is 7.11. The van der Waals surface area contributed by atoms with Crippen LogP contribution in [0.1, 0.15) is 22.3 Å². The van der Waals surface area contributed by atoms with Crippen molar-refractivity contribution in [1.29, 1.82) is 0 Å². The zero-order valence-electron chi connectivity index (χ0n) is 17.2. The highest BCUT2D eigenvalue weighted by molar-refractivity contribution is 5.94. The molecule has 0 fully saturated rings. The summed E-state index contributed by atoms with van der Waals surface area (Å²) in [4.78, 5) is 0. The third-order valence-electron chi connectivity index (χ3n) is 6.57. The molecule has 1 spiro atoms. The normalized spacial score (nSPS) is 13.4. The van der Waals surface area contributed by atoms with Crippen LogP contribution in [0.15, 0.2) is 133 Å². The molecule has 7 rings (SSSR count). The van der Waals surface area contributed by atoms with Gasteiger partial charge in [0, 0.05) is 0 Å². The Balaban J connectivity index is 0.000000269. The summed E-state index contributed by atoms with van der Waals surface area (Å²) in [6.07, 6.45) is 0. The van der Waals surface area contributed by atoms with Gasteiger partial charge in [0.15, 0.2) is 0 Å². The quantitative estimate of drug-likeness (QED) is 0.247. The Labute approximate surface area is 183 Å². The van der Waals surface area contributed by atoms with Crippen molar-refractivity contribution < 1.29 is 0 Å². The summed E-state index contributed by atoms with van der Waals surface area (Å²) in [6.45, 7) is 0. The molecule has 0 aromatic heterocycles. The molecule has 2 aliphatic carbocycles. The van der Waals surface area contributed by atoms with Crippen molar-refractivity contribution >= 4 is 0 Å². The van der Waals surface area contributed by atoms with Gasteiger partial charge >= 0.3 is 0 Å². The average Bonchev–Trinajstić information content (AvgIpc) is 3.33. The largest absolute Gasteiger partial charge is 0.0725 e. The number of benzene rings is 5. The highest BCUT2D eigenvalue weighted by Crippen LogP contribution is 2.62. The molecule has 31 heavy (non-hydrogen) atoms. The van der Waals surface area contributed by atoms with Gasteiger partial charge in [-0.1, -0.05) is 133 Å². The van der Waals surface area contributed by atoms with Crippen molar-refractivity contribution in [3.8, 4) is 22.3 Å². The Morgan fingerprint density at radius 2 is 0.484 bits per heavy atom. The van der Waals surface area contributed by atoms with Crippen molar-refractivity contribution in [2.75, 3.05) is 0 Å². The van der Waals surface area contributed by atoms with Crippen LogP contribution in [0.25, 0.3) is 22.3 Å². The fourth-order valence-corrected chi connectivity index (χ4v) is 5.44. The molecule has 0 heterocycles. The summed E-state index contributed by atoms with van der Waals surface area (Å²) in [5.74, 6) is 0. The van der Waals surface area contributed by atoms with Crippen LogP contribution in [-0.2, 0) is 5.41 Å². The summed E-state index contributed by atoms with van der Waals surface area (Å²) in [5.41, 5.74) is 10.9. The van der Waals surface area contributed by atoms with E-state index in [1.165, 1.54) is 44.5 Å². The van der Waals surface area contributed by atoms with Crippen molar-refractivity contribution in [3.63, 3.8) is 0 Å². The monoisotopic (exact) mass is 394 g/mol. The Morgan fingerprint density at radius 3 is 0.742 bits per heavy atom. The minimum absolute atomic E-state index is 0.180. The fraction of sp³-hybridized carbons (Fsp3) is 0.0323. The third kappa shape index (κ3) is 2.49. The van der Waals surface area contributed by atoms with Crippen LogP contribution in [0.3, 0.4) is 0 Å². The van der Waals surface area contributed by atoms with Crippen LogP contribution in [0.2, 0.25) is 0 Å². The summed E-state index contributed by atoms with van der Waals surface area (Å²) in [6, 6.07) is 47.7. The van der Waals surface area contributed by atoms with Gasteiger partial charge in [-0.25, -0.2) is 0 Å². The fourth-order valence-electron chi connectivity index (χ4n) is 5.44. The molecular formula is C31H22. The van der Waals surface area contributed by atoms with Gasteiger partial charge < -0.3 is 0 Å². The average molecular weight is 395 g/mol. The molecule has 0 nitrogen and oxygen atoms in total. The minimum Gasteiger partial charge on any atom is -0.0623 e. The molecule has 0 atom stereocenters. The number of rotatable bonds is 0. The van der Waals surface area contributed by atoms with Gasteiger partial charge in [-0.2, -0.15) is 0 Å². The van der Waals surface area contributed by atoms with E-state index >= 15 is 0 Å². The van der Waals surface area contributed by atoms with Gasteiger partial charge in [0.1, 0.15) is 0 Å². The van der Waals surface area contributed by atoms with Crippen LogP contribution >= 0.6 is 0 Å². The summed E-state index contributed by atoms with van der Waals surface area (Å²) in [5, 5.41) is 0. The lowest BCUT2D eigenvalue weighted by atomic mass is 9.70. The molecular weight excluding hydrogens is 372 g/mol. The lowest BCUT2D eigenvalue weighted by Crippen LogP contribution is -2.25. The molecule has 0 heteroatoms. The molecule has 0 saturated carbocycles. The maximum Gasteiger partial charge on any atom is 0.0725 e. The van der Waals surface area contributed by atoms with Crippen LogP contribution in [0, 0.1) is 0 Å². The molecule has 146 valence electrons. The zero-order chi connectivity index (χ0) is 20.7. The standard InChI is InChI=1S/C25H16.C6H6/c1-5-13-21-17(9-1)18-10-2-6-14-22(18)25(21)23-15-7-3-11-19(23)20-12-4-8-16-24(20)25;1-2-4-6-5-3-1/h1-16H;1-6H. The lowest BCUT2D eigenvalue weighted by Gasteiger charge is -2.30. The number of hydrogen-bond donors (Lipinski definition) is 0. The van der Waals surface area contributed by atoms with Crippen LogP contribution in [0.4, 0.5) is 0 Å². The van der Waals surface area contributed by atoms with E-state index in [1.54, 1.807) is 0 Å². The summed E-state index contributed by atoms with van der Waals surface area (Å²) >= 11 is 0. The van der Waals surface area contributed by atoms with Gasteiger partial charge in [0.05, 0.1) is 5.41 Å². The Morgan fingerprint density at radius 1 is 0.258 bits per heavy atom. The van der Waals surface area contributed by atoms with E-state index in [4.69, 9.17) is 0 Å². The second-order valence-electron chi connectivity index (χ2n) is 8.09. The van der Waals surface area contributed by atoms with Gasteiger partial charge in [-0.3, -0.25) is 0 Å². The molecule has 0 aliphatic heterocycles. The van der Waals surface area contributed by atoms with Crippen molar-refractivity contribution in [2.24, 2.45) is 0 Å². The van der Waals surface area contributed by atoms with E-state index in [9.17, 15) is 0 Å². The van der Waals surface area contributed by atoms with E-state index in [2.05, 4.69) is 97.1 Å². The van der Waals surface area contributed by atoms with Crippen molar-refractivity contribution in [3.05, 3.63) is 156 Å². The molecule has 0 bridgehead atoms. The molecule has 0 N–H and O–H groups in total. The van der Waals surface area contributed by atoms with Crippen LogP contribution < -0.4 is 0 Å². The number of hydrogen-bond acceptors (Lipinski definition) is 0. The molecule has 0 radical (unpaired) electrons. The molecule has 5 aromatic rings. The highest BCUT2D eigenvalue weighted by Gasteiger charge is 2.51. The topological polar surface area (TPSA) is 0 Å². The second-order valence-corrected chi connectivity index (χ2v) is 8.09. The molecule has 2 aliphatic rings. The Bertz CT molecular complexity index is 1160. The maximum absolute atomic E-state index is 2.31. The molecule has 0 unspecified atom stereocenters. The van der Waals surface area contributed by atoms with E-state index in [-0.39, 0.29) is 5.41 Å². The summed E-state index contributed by atoms with van der Waals surface area (Å²) in [7, 11) is 0. The van der Waals surface area contributed by atoms with E-state index in [0.29, 0.717) is 0 Å². The predicted molar refractivity (Wildman–Crippen MR) is 129 cm³/mol. The molecule has 5 aromatic carbocycles. The van der Waals surface area contributed by atoms with Gasteiger partial charge in [-0.15, -0.1) is 0 Å². The van der Waals surface area contributed by atoms with E-state index in [0.717, 1.165) is 0 Å². The first-order valence-corrected chi connectivity index (χ1v) is 10.8. The highest BCUT2D eigenvalue weighted by atomic mass is 14.5. The van der Waals surface area contributed by atoms with Crippen LogP contribution in [-0.4, -0.2) is 0 Å². The van der Waals surface area contributed by atoms with Gasteiger partial charge in [0.25, 0.3) is 0 Å². The van der Waals surface area contributed by atoms with Crippen molar-refractivity contribution in [2.45, 2.75) is 5.41 Å². The Kier molecular flexibility index (Phi) is 4.11. The summed E-state index contributed by atoms with van der Waals surface area (Å²) < 4.78 is 0. The zero-order valence-corrected chi connectivity index (χ0v) is 17.2. The SMILES string of the molecule is c1ccc2c(c1)-c1ccccc1C21c2ccccc2-c2ccccc21.c1ccccc1. The van der Waals surface area contributed by atoms with Gasteiger partial charge in [0.2, 0.25) is 0 Å². The predicted octanol–water partition coefficient (Wildman–Crippen LogP) is 7.72. The lowest BCUT2D eigenvalue weighted by molar-refractivity contribution is 0.794. The van der Waals surface area contributed by atoms with Gasteiger partial charge in [-0.05, 0) is 44.5 Å². The van der Waals surface area contributed by atoms with Crippen LogP contribution in [0.5, 0.6) is 0 Å². The number of fused-ring (bicyclic) bond motifs is 10. The molecule has 0 amide bonds. The maximum atomic E-state index is 2.31. The molecule has 0 saturated heterocycles. The smallest absolute Gasteiger partial charge is 0.0623 e. The van der Waals surface area contributed by atoms with E-state index in [1.807, 2.05) is 36.4 Å². The van der Waals surface area contributed by atoms with Crippen molar-refractivity contribution in [1.82, 2.24) is 0 Å². The third-order valence-corrected chi connectivity index (χ3v) is 6.57.